The van der Waals surface area contributed by atoms with Gasteiger partial charge >= 0.3 is 5.97 Å². The van der Waals surface area contributed by atoms with E-state index in [1.807, 2.05) is 57.2 Å². The van der Waals surface area contributed by atoms with Crippen molar-refractivity contribution in [2.45, 2.75) is 33.8 Å². The van der Waals surface area contributed by atoms with Crippen molar-refractivity contribution in [2.75, 3.05) is 5.32 Å². The van der Waals surface area contributed by atoms with Gasteiger partial charge in [0.15, 0.2) is 5.78 Å². The summed E-state index contributed by atoms with van der Waals surface area (Å²) in [6.07, 6.45) is 0.125. The molecule has 0 aliphatic carbocycles. The molecule has 4 rings (SSSR count). The van der Waals surface area contributed by atoms with Crippen LogP contribution in [0.25, 0.3) is 0 Å². The number of ketones is 1. The number of benzene rings is 3. The van der Waals surface area contributed by atoms with Gasteiger partial charge in [0.25, 0.3) is 0 Å². The van der Waals surface area contributed by atoms with Crippen LogP contribution in [0.3, 0.4) is 0 Å². The number of amides is 1. The average Bonchev–Trinajstić information content (AvgIpc) is 3.32. The average molecular weight is 499 g/mol. The first-order chi connectivity index (χ1) is 17.3. The first kappa shape index (κ1) is 25.0. The minimum atomic E-state index is -0.602. The fraction of sp³-hybridized carbons (Fsp3) is 0.172. The standard InChI is InChI=1S/C29H26N2O4S/c1-18-12-13-21(14-20(18)3)28(33)23-9-5-6-10-24(23)29(34)35-16-22-17-36-27(30-22)15-26(32)31-25-11-7-4-8-19(25)2/h4-14,17H,15-16H2,1-3H3,(H,31,32). The molecule has 1 N–H and O–H groups in total. The van der Waals surface area contributed by atoms with E-state index < -0.39 is 5.97 Å². The van der Waals surface area contributed by atoms with E-state index in [1.165, 1.54) is 11.3 Å². The zero-order valence-corrected chi connectivity index (χ0v) is 21.1. The molecule has 0 aliphatic heterocycles. The van der Waals surface area contributed by atoms with Gasteiger partial charge in [-0.15, -0.1) is 11.3 Å². The van der Waals surface area contributed by atoms with Gasteiger partial charge in [-0.05, 0) is 55.7 Å². The molecule has 4 aromatic rings. The van der Waals surface area contributed by atoms with Crippen LogP contribution in [-0.4, -0.2) is 22.6 Å². The number of anilines is 1. The van der Waals surface area contributed by atoms with Crippen molar-refractivity contribution in [3.05, 3.63) is 116 Å². The molecule has 0 bridgehead atoms. The van der Waals surface area contributed by atoms with Crippen LogP contribution in [0.15, 0.2) is 72.1 Å². The van der Waals surface area contributed by atoms with Crippen molar-refractivity contribution in [2.24, 2.45) is 0 Å². The number of hydrogen-bond donors (Lipinski definition) is 1. The highest BCUT2D eigenvalue weighted by atomic mass is 32.1. The van der Waals surface area contributed by atoms with Crippen LogP contribution in [0.2, 0.25) is 0 Å². The number of esters is 1. The smallest absolute Gasteiger partial charge is 0.339 e. The van der Waals surface area contributed by atoms with Gasteiger partial charge in [-0.2, -0.15) is 0 Å². The van der Waals surface area contributed by atoms with Crippen molar-refractivity contribution in [3.8, 4) is 0 Å². The third-order valence-electron chi connectivity index (χ3n) is 5.84. The number of para-hydroxylation sites is 1. The topological polar surface area (TPSA) is 85.4 Å². The monoisotopic (exact) mass is 498 g/mol. The van der Waals surface area contributed by atoms with Crippen LogP contribution in [-0.2, 0) is 22.6 Å². The minimum absolute atomic E-state index is 0.0547. The number of aromatic nitrogens is 1. The quantitative estimate of drug-likeness (QED) is 0.244. The lowest BCUT2D eigenvalue weighted by atomic mass is 9.96. The number of thiazole rings is 1. The molecule has 0 aliphatic rings. The Morgan fingerprint density at radius 1 is 0.861 bits per heavy atom. The Labute approximate surface area is 214 Å². The Morgan fingerprint density at radius 2 is 1.58 bits per heavy atom. The van der Waals surface area contributed by atoms with Gasteiger partial charge < -0.3 is 10.1 Å². The second-order valence-corrected chi connectivity index (χ2v) is 9.46. The van der Waals surface area contributed by atoms with E-state index in [0.717, 1.165) is 22.4 Å². The largest absolute Gasteiger partial charge is 0.456 e. The van der Waals surface area contributed by atoms with E-state index >= 15 is 0 Å². The Bertz CT molecular complexity index is 1440. The van der Waals surface area contributed by atoms with Crippen molar-refractivity contribution >= 4 is 34.7 Å². The molecule has 0 radical (unpaired) electrons. The number of carbonyl (C=O) groups is 3. The molecule has 1 aromatic heterocycles. The molecule has 182 valence electrons. The Balaban J connectivity index is 1.39. The molecule has 6 nitrogen and oxygen atoms in total. The van der Waals surface area contributed by atoms with Crippen LogP contribution in [0.1, 0.15) is 53.7 Å². The van der Waals surface area contributed by atoms with Gasteiger partial charge in [0, 0.05) is 22.2 Å². The van der Waals surface area contributed by atoms with Crippen molar-refractivity contribution in [1.82, 2.24) is 4.98 Å². The molecule has 0 saturated heterocycles. The second kappa shape index (κ2) is 11.1. The summed E-state index contributed by atoms with van der Waals surface area (Å²) in [5, 5.41) is 5.27. The summed E-state index contributed by atoms with van der Waals surface area (Å²) >= 11 is 1.33. The fourth-order valence-electron chi connectivity index (χ4n) is 3.66. The maximum atomic E-state index is 13.1. The van der Waals surface area contributed by atoms with Crippen LogP contribution in [0.5, 0.6) is 0 Å². The van der Waals surface area contributed by atoms with E-state index in [2.05, 4.69) is 10.3 Å². The van der Waals surface area contributed by atoms with Crippen LogP contribution < -0.4 is 5.32 Å². The lowest BCUT2D eigenvalue weighted by Gasteiger charge is -2.10. The van der Waals surface area contributed by atoms with Crippen molar-refractivity contribution in [3.63, 3.8) is 0 Å². The number of nitrogens with one attached hydrogen (secondary N) is 1. The summed E-state index contributed by atoms with van der Waals surface area (Å²) in [4.78, 5) is 42.8. The predicted octanol–water partition coefficient (Wildman–Crippen LogP) is 5.84. The Morgan fingerprint density at radius 3 is 2.33 bits per heavy atom. The van der Waals surface area contributed by atoms with E-state index in [0.29, 0.717) is 16.3 Å². The maximum absolute atomic E-state index is 13.1. The molecule has 0 saturated carbocycles. The number of carbonyl (C=O) groups excluding carboxylic acids is 3. The van der Waals surface area contributed by atoms with Gasteiger partial charge in [-0.1, -0.05) is 48.5 Å². The Hall–Kier alpha value is -4.10. The van der Waals surface area contributed by atoms with Crippen LogP contribution >= 0.6 is 11.3 Å². The van der Waals surface area contributed by atoms with Crippen molar-refractivity contribution < 1.29 is 19.1 Å². The SMILES string of the molecule is Cc1ccc(C(=O)c2ccccc2C(=O)OCc2csc(CC(=O)Nc3ccccc3C)n2)cc1C. The van der Waals surface area contributed by atoms with Gasteiger partial charge in [-0.3, -0.25) is 9.59 Å². The molecule has 0 fully saturated rings. The lowest BCUT2D eigenvalue weighted by molar-refractivity contribution is -0.115. The molecule has 0 spiro atoms. The number of rotatable bonds is 8. The minimum Gasteiger partial charge on any atom is -0.456 e. The molecule has 0 atom stereocenters. The van der Waals surface area contributed by atoms with E-state index in [4.69, 9.17) is 4.74 Å². The molecule has 3 aromatic carbocycles. The van der Waals surface area contributed by atoms with Crippen LogP contribution in [0, 0.1) is 20.8 Å². The summed E-state index contributed by atoms with van der Waals surface area (Å²) in [7, 11) is 0. The first-order valence-electron chi connectivity index (χ1n) is 11.5. The Kier molecular flexibility index (Phi) is 7.71. The molecular formula is C29H26N2O4S. The maximum Gasteiger partial charge on any atom is 0.339 e. The first-order valence-corrected chi connectivity index (χ1v) is 12.4. The fourth-order valence-corrected chi connectivity index (χ4v) is 4.43. The van der Waals surface area contributed by atoms with E-state index in [1.54, 1.807) is 35.7 Å². The second-order valence-electron chi connectivity index (χ2n) is 8.52. The number of hydrogen-bond acceptors (Lipinski definition) is 6. The highest BCUT2D eigenvalue weighted by Crippen LogP contribution is 2.20. The van der Waals surface area contributed by atoms with E-state index in [-0.39, 0.29) is 35.8 Å². The van der Waals surface area contributed by atoms with Crippen LogP contribution in [0.4, 0.5) is 5.69 Å². The lowest BCUT2D eigenvalue weighted by Crippen LogP contribution is -2.15. The van der Waals surface area contributed by atoms with Gasteiger partial charge in [-0.25, -0.2) is 9.78 Å². The molecule has 1 heterocycles. The summed E-state index contributed by atoms with van der Waals surface area (Å²) in [5.41, 5.74) is 5.40. The van der Waals surface area contributed by atoms with Gasteiger partial charge in [0.2, 0.25) is 5.91 Å². The normalized spacial score (nSPS) is 10.6. The van der Waals surface area contributed by atoms with Gasteiger partial charge in [0.05, 0.1) is 17.7 Å². The third-order valence-corrected chi connectivity index (χ3v) is 6.74. The zero-order valence-electron chi connectivity index (χ0n) is 20.3. The highest BCUT2D eigenvalue weighted by molar-refractivity contribution is 7.09. The summed E-state index contributed by atoms with van der Waals surface area (Å²) in [6.45, 7) is 5.80. The molecule has 0 unspecified atom stereocenters. The molecule has 36 heavy (non-hydrogen) atoms. The summed E-state index contributed by atoms with van der Waals surface area (Å²) in [5.74, 6) is -1.00. The number of ether oxygens (including phenoxy) is 1. The number of aryl methyl sites for hydroxylation is 3. The summed E-state index contributed by atoms with van der Waals surface area (Å²) < 4.78 is 5.47. The highest BCUT2D eigenvalue weighted by Gasteiger charge is 2.20. The van der Waals surface area contributed by atoms with Gasteiger partial charge in [0.1, 0.15) is 11.6 Å². The predicted molar refractivity (Wildman–Crippen MR) is 141 cm³/mol. The molecular weight excluding hydrogens is 472 g/mol. The third kappa shape index (κ3) is 5.93. The summed E-state index contributed by atoms with van der Waals surface area (Å²) in [6, 6.07) is 19.7. The molecule has 1 amide bonds. The molecule has 7 heteroatoms. The van der Waals surface area contributed by atoms with Crippen molar-refractivity contribution in [1.29, 1.82) is 0 Å². The zero-order chi connectivity index (χ0) is 25.7. The van der Waals surface area contributed by atoms with E-state index in [9.17, 15) is 14.4 Å². The number of nitrogens with zero attached hydrogens (tertiary/aromatic N) is 1.